The monoisotopic (exact) mass is 295 g/mol. The predicted molar refractivity (Wildman–Crippen MR) is 75.6 cm³/mol. The van der Waals surface area contributed by atoms with Crippen molar-refractivity contribution >= 4 is 5.69 Å². The van der Waals surface area contributed by atoms with Gasteiger partial charge in [-0.25, -0.2) is 13.2 Å². The molecule has 0 bridgehead atoms. The zero-order valence-electron chi connectivity index (χ0n) is 11.6. The highest BCUT2D eigenvalue weighted by Crippen LogP contribution is 2.21. The first-order valence-electron chi connectivity index (χ1n) is 6.56. The first-order chi connectivity index (χ1) is 9.95. The van der Waals surface area contributed by atoms with E-state index in [1.54, 1.807) is 24.1 Å². The van der Waals surface area contributed by atoms with Crippen molar-refractivity contribution in [3.8, 4) is 0 Å². The molecule has 5 heteroatoms. The van der Waals surface area contributed by atoms with Crippen LogP contribution in [0.25, 0.3) is 0 Å². The second-order valence-corrected chi connectivity index (χ2v) is 4.91. The summed E-state index contributed by atoms with van der Waals surface area (Å²) in [5.74, 6) is -1.78. The Hall–Kier alpha value is -2.01. The van der Waals surface area contributed by atoms with Gasteiger partial charge in [-0.1, -0.05) is 6.07 Å². The van der Waals surface area contributed by atoms with Crippen LogP contribution < -0.4 is 4.90 Å². The van der Waals surface area contributed by atoms with E-state index in [1.165, 1.54) is 12.1 Å². The molecule has 2 nitrogen and oxygen atoms in total. The zero-order valence-corrected chi connectivity index (χ0v) is 11.6. The van der Waals surface area contributed by atoms with Crippen molar-refractivity contribution in [1.82, 2.24) is 0 Å². The highest BCUT2D eigenvalue weighted by atomic mass is 19.1. The van der Waals surface area contributed by atoms with Crippen LogP contribution in [0.4, 0.5) is 18.9 Å². The maximum Gasteiger partial charge on any atom is 0.126 e. The van der Waals surface area contributed by atoms with Crippen LogP contribution in [0, 0.1) is 17.5 Å². The summed E-state index contributed by atoms with van der Waals surface area (Å²) in [5, 5.41) is 9.99. The number of hydrogen-bond acceptors (Lipinski definition) is 2. The van der Waals surface area contributed by atoms with Gasteiger partial charge < -0.3 is 10.0 Å². The van der Waals surface area contributed by atoms with Gasteiger partial charge >= 0.3 is 0 Å². The molecule has 1 unspecified atom stereocenters. The van der Waals surface area contributed by atoms with Crippen LogP contribution >= 0.6 is 0 Å². The molecule has 1 N–H and O–H groups in total. The third-order valence-corrected chi connectivity index (χ3v) is 3.26. The first-order valence-corrected chi connectivity index (χ1v) is 6.56. The lowest BCUT2D eigenvalue weighted by Gasteiger charge is -2.21. The molecule has 0 saturated carbocycles. The smallest absolute Gasteiger partial charge is 0.126 e. The molecule has 1 atom stereocenters. The molecule has 0 aromatic heterocycles. The van der Waals surface area contributed by atoms with E-state index < -0.39 is 17.7 Å². The number of aliphatic hydroxyl groups excluding tert-OH is 1. The summed E-state index contributed by atoms with van der Waals surface area (Å²) in [7, 11) is 1.76. The second-order valence-electron chi connectivity index (χ2n) is 4.91. The average Bonchev–Trinajstić information content (AvgIpc) is 2.43. The molecule has 0 amide bonds. The fourth-order valence-electron chi connectivity index (χ4n) is 2.09. The van der Waals surface area contributed by atoms with Gasteiger partial charge in [0.15, 0.2) is 0 Å². The SMILES string of the molecule is CN(CCC(O)c1cc(F)cc(F)c1)c1cccc(F)c1. The van der Waals surface area contributed by atoms with Crippen LogP contribution in [0.3, 0.4) is 0 Å². The maximum atomic E-state index is 13.1. The molecule has 2 aromatic carbocycles. The molecule has 112 valence electrons. The Labute approximate surface area is 121 Å². The van der Waals surface area contributed by atoms with Gasteiger partial charge in [-0.15, -0.1) is 0 Å². The van der Waals surface area contributed by atoms with Crippen LogP contribution in [0.1, 0.15) is 18.1 Å². The van der Waals surface area contributed by atoms with Crippen LogP contribution in [-0.4, -0.2) is 18.7 Å². The van der Waals surface area contributed by atoms with Gasteiger partial charge in [0.25, 0.3) is 0 Å². The van der Waals surface area contributed by atoms with Gasteiger partial charge in [-0.3, -0.25) is 0 Å². The minimum atomic E-state index is -0.980. The van der Waals surface area contributed by atoms with Crippen molar-refractivity contribution in [3.05, 3.63) is 65.5 Å². The molecule has 0 spiro atoms. The summed E-state index contributed by atoms with van der Waals surface area (Å²) in [4.78, 5) is 1.77. The summed E-state index contributed by atoms with van der Waals surface area (Å²) in [6.07, 6.45) is -0.707. The number of aliphatic hydroxyl groups is 1. The number of nitrogens with zero attached hydrogens (tertiary/aromatic N) is 1. The van der Waals surface area contributed by atoms with Gasteiger partial charge in [0.1, 0.15) is 17.5 Å². The molecule has 0 heterocycles. The number of anilines is 1. The second kappa shape index (κ2) is 6.63. The normalized spacial score (nSPS) is 12.2. The number of benzene rings is 2. The molecule has 0 radical (unpaired) electrons. The minimum absolute atomic E-state index is 0.195. The van der Waals surface area contributed by atoms with E-state index in [1.807, 2.05) is 0 Å². The van der Waals surface area contributed by atoms with Gasteiger partial charge in [0.05, 0.1) is 6.10 Å². The number of halogens is 3. The Balaban J connectivity index is 1.98. The average molecular weight is 295 g/mol. The van der Waals surface area contributed by atoms with Gasteiger partial charge in [0, 0.05) is 25.3 Å². The van der Waals surface area contributed by atoms with Crippen molar-refractivity contribution in [3.63, 3.8) is 0 Å². The highest BCUT2D eigenvalue weighted by Gasteiger charge is 2.12. The van der Waals surface area contributed by atoms with Crippen molar-refractivity contribution < 1.29 is 18.3 Å². The highest BCUT2D eigenvalue weighted by molar-refractivity contribution is 5.45. The molecule has 2 aromatic rings. The summed E-state index contributed by atoms with van der Waals surface area (Å²) >= 11 is 0. The molecular weight excluding hydrogens is 279 g/mol. The van der Waals surface area contributed by atoms with Crippen LogP contribution in [0.15, 0.2) is 42.5 Å². The summed E-state index contributed by atoms with van der Waals surface area (Å²) in [6, 6.07) is 9.05. The quantitative estimate of drug-likeness (QED) is 0.910. The third kappa shape index (κ3) is 4.23. The molecule has 0 aliphatic rings. The molecule has 0 aliphatic heterocycles. The van der Waals surface area contributed by atoms with E-state index in [9.17, 15) is 18.3 Å². The minimum Gasteiger partial charge on any atom is -0.388 e. The maximum absolute atomic E-state index is 13.1. The van der Waals surface area contributed by atoms with Gasteiger partial charge in [0.2, 0.25) is 0 Å². The molecular formula is C16H16F3NO. The largest absolute Gasteiger partial charge is 0.388 e. The Bertz CT molecular complexity index is 598. The number of hydrogen-bond donors (Lipinski definition) is 1. The topological polar surface area (TPSA) is 23.5 Å². The first kappa shape index (κ1) is 15.4. The molecule has 0 saturated heterocycles. The molecule has 0 aliphatic carbocycles. The molecule has 2 rings (SSSR count). The fourth-order valence-corrected chi connectivity index (χ4v) is 2.09. The Kier molecular flexibility index (Phi) is 4.85. The standard InChI is InChI=1S/C16H16F3NO/c1-20(15-4-2-3-12(17)10-15)6-5-16(21)11-7-13(18)9-14(19)8-11/h2-4,7-10,16,21H,5-6H2,1H3. The lowest BCUT2D eigenvalue weighted by Crippen LogP contribution is -2.20. The predicted octanol–water partition coefficient (Wildman–Crippen LogP) is 3.66. The Morgan fingerprint density at radius 2 is 1.67 bits per heavy atom. The van der Waals surface area contributed by atoms with Crippen molar-refractivity contribution in [2.75, 3.05) is 18.5 Å². The fraction of sp³-hybridized carbons (Fsp3) is 0.250. The van der Waals surface area contributed by atoms with Gasteiger partial charge in [-0.2, -0.15) is 0 Å². The lowest BCUT2D eigenvalue weighted by molar-refractivity contribution is 0.169. The third-order valence-electron chi connectivity index (χ3n) is 3.26. The van der Waals surface area contributed by atoms with Crippen LogP contribution in [0.5, 0.6) is 0 Å². The van der Waals surface area contributed by atoms with E-state index in [2.05, 4.69) is 0 Å². The Morgan fingerprint density at radius 3 is 2.29 bits per heavy atom. The molecule has 21 heavy (non-hydrogen) atoms. The summed E-state index contributed by atoms with van der Waals surface area (Å²) in [5.41, 5.74) is 0.868. The van der Waals surface area contributed by atoms with Crippen molar-refractivity contribution in [1.29, 1.82) is 0 Å². The number of rotatable bonds is 5. The van der Waals surface area contributed by atoms with Crippen LogP contribution in [-0.2, 0) is 0 Å². The molecule has 0 fully saturated rings. The lowest BCUT2D eigenvalue weighted by atomic mass is 10.1. The van der Waals surface area contributed by atoms with E-state index in [-0.39, 0.29) is 17.8 Å². The van der Waals surface area contributed by atoms with E-state index in [0.29, 0.717) is 12.2 Å². The zero-order chi connectivity index (χ0) is 15.4. The van der Waals surface area contributed by atoms with E-state index in [4.69, 9.17) is 0 Å². The van der Waals surface area contributed by atoms with E-state index in [0.717, 1.165) is 18.2 Å². The van der Waals surface area contributed by atoms with Gasteiger partial charge in [-0.05, 0) is 42.3 Å². The van der Waals surface area contributed by atoms with Crippen molar-refractivity contribution in [2.24, 2.45) is 0 Å². The Morgan fingerprint density at radius 1 is 1.00 bits per heavy atom. The van der Waals surface area contributed by atoms with Crippen molar-refractivity contribution in [2.45, 2.75) is 12.5 Å². The summed E-state index contributed by atoms with van der Waals surface area (Å²) < 4.78 is 39.3. The van der Waals surface area contributed by atoms with Crippen LogP contribution in [0.2, 0.25) is 0 Å². The summed E-state index contributed by atoms with van der Waals surface area (Å²) in [6.45, 7) is 0.419. The van der Waals surface area contributed by atoms with E-state index >= 15 is 0 Å².